The summed E-state index contributed by atoms with van der Waals surface area (Å²) < 4.78 is 0. The van der Waals surface area contributed by atoms with E-state index < -0.39 is 4.92 Å². The minimum atomic E-state index is -0.417. The number of carbonyl (C=O) groups excluding carboxylic acids is 1. The molecule has 2 bridgehead atoms. The van der Waals surface area contributed by atoms with E-state index in [4.69, 9.17) is 0 Å². The van der Waals surface area contributed by atoms with Crippen molar-refractivity contribution in [2.24, 2.45) is 11.8 Å². The van der Waals surface area contributed by atoms with Gasteiger partial charge >= 0.3 is 0 Å². The summed E-state index contributed by atoms with van der Waals surface area (Å²) in [6.07, 6.45) is 6.07. The molecule has 2 aliphatic rings. The van der Waals surface area contributed by atoms with Gasteiger partial charge in [-0.25, -0.2) is 0 Å². The summed E-state index contributed by atoms with van der Waals surface area (Å²) >= 11 is 0. The highest BCUT2D eigenvalue weighted by molar-refractivity contribution is 5.93. The van der Waals surface area contributed by atoms with Gasteiger partial charge in [-0.1, -0.05) is 12.2 Å². The Morgan fingerprint density at radius 2 is 1.83 bits per heavy atom. The lowest BCUT2D eigenvalue weighted by atomic mass is 9.91. The summed E-state index contributed by atoms with van der Waals surface area (Å²) in [5.41, 5.74) is 2.86. The van der Waals surface area contributed by atoms with Crippen molar-refractivity contribution < 1.29 is 9.72 Å². The number of nitro benzene ring substituents is 1. The van der Waals surface area contributed by atoms with Gasteiger partial charge in [-0.15, -0.1) is 0 Å². The summed E-state index contributed by atoms with van der Waals surface area (Å²) in [7, 11) is 0. The molecule has 0 aliphatic heterocycles. The smallest absolute Gasteiger partial charge is 0.269 e. The van der Waals surface area contributed by atoms with Crippen LogP contribution in [-0.4, -0.2) is 11.2 Å². The lowest BCUT2D eigenvalue weighted by molar-refractivity contribution is -0.384. The third-order valence-corrected chi connectivity index (χ3v) is 3.68. The van der Waals surface area contributed by atoms with Gasteiger partial charge in [-0.3, -0.25) is 14.9 Å². The maximum Gasteiger partial charge on any atom is 0.269 e. The van der Waals surface area contributed by atoms with Crippen LogP contribution in [0.1, 0.15) is 12.0 Å². The Balaban J connectivity index is 2.02. The van der Waals surface area contributed by atoms with E-state index in [0.717, 1.165) is 29.4 Å². The first-order chi connectivity index (χ1) is 8.70. The second-order valence-corrected chi connectivity index (χ2v) is 4.62. The molecule has 0 saturated carbocycles. The van der Waals surface area contributed by atoms with E-state index in [-0.39, 0.29) is 17.5 Å². The van der Waals surface area contributed by atoms with Gasteiger partial charge in [0.2, 0.25) is 0 Å². The van der Waals surface area contributed by atoms with Crippen molar-refractivity contribution in [1.82, 2.24) is 0 Å². The highest BCUT2D eigenvalue weighted by Gasteiger charge is 2.35. The molecule has 4 nitrogen and oxygen atoms in total. The molecule has 2 atom stereocenters. The Hall–Kier alpha value is -2.23. The van der Waals surface area contributed by atoms with Crippen LogP contribution in [0.2, 0.25) is 0 Å². The van der Waals surface area contributed by atoms with Gasteiger partial charge in [0.05, 0.1) is 4.92 Å². The Kier molecular flexibility index (Phi) is 2.37. The van der Waals surface area contributed by atoms with Crippen LogP contribution in [0, 0.1) is 22.0 Å². The van der Waals surface area contributed by atoms with E-state index in [9.17, 15) is 14.9 Å². The number of non-ortho nitro benzene ring substituents is 1. The second-order valence-electron chi connectivity index (χ2n) is 4.62. The molecule has 90 valence electrons. The van der Waals surface area contributed by atoms with Crippen molar-refractivity contribution in [2.75, 3.05) is 0 Å². The number of fused-ring (bicyclic) bond motifs is 2. The van der Waals surface area contributed by atoms with Gasteiger partial charge in [0, 0.05) is 29.5 Å². The van der Waals surface area contributed by atoms with Crippen LogP contribution in [-0.2, 0) is 4.79 Å². The molecule has 1 aromatic carbocycles. The van der Waals surface area contributed by atoms with Crippen molar-refractivity contribution in [3.05, 3.63) is 57.7 Å². The SMILES string of the molecule is O=CC1=C(c2ccc([N+](=O)[O-])cc2)C2C=CC1C2. The topological polar surface area (TPSA) is 60.2 Å². The van der Waals surface area contributed by atoms with E-state index in [1.54, 1.807) is 12.1 Å². The number of benzene rings is 1. The standard InChI is InChI=1S/C14H11NO3/c16-8-13-10-1-2-11(7-10)14(13)9-3-5-12(6-4-9)15(17)18/h1-6,8,10-11H,7H2. The van der Waals surface area contributed by atoms with E-state index in [0.29, 0.717) is 0 Å². The molecule has 0 amide bonds. The molecule has 2 unspecified atom stereocenters. The summed E-state index contributed by atoms with van der Waals surface area (Å²) in [6.45, 7) is 0. The van der Waals surface area contributed by atoms with Gasteiger partial charge in [-0.2, -0.15) is 0 Å². The van der Waals surface area contributed by atoms with Crippen LogP contribution in [0.15, 0.2) is 42.0 Å². The van der Waals surface area contributed by atoms with Gasteiger partial charge in [0.15, 0.2) is 0 Å². The fourth-order valence-corrected chi connectivity index (χ4v) is 2.85. The predicted molar refractivity (Wildman–Crippen MR) is 66.8 cm³/mol. The van der Waals surface area contributed by atoms with Crippen molar-refractivity contribution in [1.29, 1.82) is 0 Å². The van der Waals surface area contributed by atoms with Crippen LogP contribution < -0.4 is 0 Å². The molecule has 0 radical (unpaired) electrons. The molecule has 2 aliphatic carbocycles. The fraction of sp³-hybridized carbons (Fsp3) is 0.214. The first kappa shape index (κ1) is 10.9. The molecule has 0 saturated heterocycles. The molecular formula is C14H11NO3. The summed E-state index contributed by atoms with van der Waals surface area (Å²) in [4.78, 5) is 21.3. The zero-order valence-electron chi connectivity index (χ0n) is 9.58. The molecule has 0 heterocycles. The fourth-order valence-electron chi connectivity index (χ4n) is 2.85. The number of aldehydes is 1. The third-order valence-electron chi connectivity index (χ3n) is 3.68. The number of carbonyl (C=O) groups is 1. The van der Waals surface area contributed by atoms with Crippen molar-refractivity contribution in [3.8, 4) is 0 Å². The highest BCUT2D eigenvalue weighted by atomic mass is 16.6. The van der Waals surface area contributed by atoms with E-state index in [1.807, 2.05) is 0 Å². The number of nitrogens with zero attached hydrogens (tertiary/aromatic N) is 1. The number of hydrogen-bond acceptors (Lipinski definition) is 3. The van der Waals surface area contributed by atoms with Crippen LogP contribution in [0.25, 0.3) is 5.57 Å². The zero-order chi connectivity index (χ0) is 12.7. The van der Waals surface area contributed by atoms with Gasteiger partial charge in [0.1, 0.15) is 6.29 Å². The molecule has 0 fully saturated rings. The average molecular weight is 241 g/mol. The van der Waals surface area contributed by atoms with Crippen LogP contribution >= 0.6 is 0 Å². The highest BCUT2D eigenvalue weighted by Crippen LogP contribution is 2.47. The van der Waals surface area contributed by atoms with E-state index >= 15 is 0 Å². The lowest BCUT2D eigenvalue weighted by Crippen LogP contribution is -2.00. The van der Waals surface area contributed by atoms with Crippen LogP contribution in [0.4, 0.5) is 5.69 Å². The molecule has 0 N–H and O–H groups in total. The molecule has 18 heavy (non-hydrogen) atoms. The summed E-state index contributed by atoms with van der Waals surface area (Å²) in [5.74, 6) is 0.523. The lowest BCUT2D eigenvalue weighted by Gasteiger charge is -2.12. The molecule has 4 heteroatoms. The number of rotatable bonds is 3. The average Bonchev–Trinajstić information content (AvgIpc) is 2.98. The van der Waals surface area contributed by atoms with E-state index in [1.165, 1.54) is 12.1 Å². The number of hydrogen-bond donors (Lipinski definition) is 0. The maximum absolute atomic E-state index is 11.2. The maximum atomic E-state index is 11.2. The molecular weight excluding hydrogens is 230 g/mol. The third kappa shape index (κ3) is 1.49. The number of nitro groups is 1. The van der Waals surface area contributed by atoms with Gasteiger partial charge in [0.25, 0.3) is 5.69 Å². The number of allylic oxidation sites excluding steroid dienone is 4. The summed E-state index contributed by atoms with van der Waals surface area (Å²) in [5, 5.41) is 10.6. The second kappa shape index (κ2) is 3.91. The zero-order valence-corrected chi connectivity index (χ0v) is 9.58. The van der Waals surface area contributed by atoms with Crippen LogP contribution in [0.3, 0.4) is 0 Å². The molecule has 3 rings (SSSR count). The van der Waals surface area contributed by atoms with Crippen molar-refractivity contribution in [3.63, 3.8) is 0 Å². The van der Waals surface area contributed by atoms with Gasteiger partial charge < -0.3 is 0 Å². The van der Waals surface area contributed by atoms with Crippen molar-refractivity contribution in [2.45, 2.75) is 6.42 Å². The first-order valence-corrected chi connectivity index (χ1v) is 5.83. The summed E-state index contributed by atoms with van der Waals surface area (Å²) in [6, 6.07) is 6.43. The normalized spacial score (nSPS) is 24.7. The Morgan fingerprint density at radius 1 is 1.17 bits per heavy atom. The largest absolute Gasteiger partial charge is 0.298 e. The Labute approximate surface area is 104 Å². The molecule has 0 spiro atoms. The van der Waals surface area contributed by atoms with E-state index in [2.05, 4.69) is 12.2 Å². The van der Waals surface area contributed by atoms with Gasteiger partial charge in [-0.05, 0) is 29.7 Å². The minimum Gasteiger partial charge on any atom is -0.298 e. The van der Waals surface area contributed by atoms with Crippen molar-refractivity contribution >= 4 is 17.5 Å². The van der Waals surface area contributed by atoms with Crippen LogP contribution in [0.5, 0.6) is 0 Å². The molecule has 1 aromatic rings. The predicted octanol–water partition coefficient (Wildman–Crippen LogP) is 2.75. The first-order valence-electron chi connectivity index (χ1n) is 5.83. The Morgan fingerprint density at radius 3 is 2.44 bits per heavy atom. The quantitative estimate of drug-likeness (QED) is 0.354. The monoisotopic (exact) mass is 241 g/mol. The Bertz CT molecular complexity index is 584. The molecule has 0 aromatic heterocycles. The minimum absolute atomic E-state index is 0.0747.